The molecule has 2 amide bonds. The number of nitrogens with one attached hydrogen (secondary N) is 1. The van der Waals surface area contributed by atoms with Crippen LogP contribution in [0.15, 0.2) is 48.5 Å². The maximum Gasteiger partial charge on any atom is 0.239 e. The summed E-state index contributed by atoms with van der Waals surface area (Å²) >= 11 is 6.05. The quantitative estimate of drug-likeness (QED) is 0.835. The molecule has 1 aliphatic rings. The first-order chi connectivity index (χ1) is 12.1. The van der Waals surface area contributed by atoms with Gasteiger partial charge in [0.05, 0.1) is 0 Å². The van der Waals surface area contributed by atoms with Crippen LogP contribution in [0.2, 0.25) is 5.02 Å². The first-order valence-corrected chi connectivity index (χ1v) is 8.83. The molecule has 0 aliphatic carbocycles. The number of aryl methyl sites for hydroxylation is 1. The van der Waals surface area contributed by atoms with E-state index < -0.39 is 5.92 Å². The Morgan fingerprint density at radius 1 is 1.24 bits per heavy atom. The second kappa shape index (κ2) is 7.70. The molecule has 2 aromatic rings. The van der Waals surface area contributed by atoms with Crippen LogP contribution in [0, 0.1) is 12.8 Å². The Bertz CT molecular complexity index is 777. The van der Waals surface area contributed by atoms with Crippen LogP contribution in [0.1, 0.15) is 17.5 Å². The number of amides is 2. The van der Waals surface area contributed by atoms with Crippen LogP contribution in [0.4, 0.5) is 5.69 Å². The third kappa shape index (κ3) is 4.02. The highest BCUT2D eigenvalue weighted by atomic mass is 35.5. The summed E-state index contributed by atoms with van der Waals surface area (Å²) in [6.07, 6.45) is 1.28. The lowest BCUT2D eigenvalue weighted by Crippen LogP contribution is -2.37. The molecule has 3 rings (SSSR count). The SMILES string of the molecule is Cc1ccc(Cl)cc1N1CCC(C(=O)NCCc2ccccc2)C1=O. The zero-order valence-corrected chi connectivity index (χ0v) is 14.9. The minimum Gasteiger partial charge on any atom is -0.355 e. The van der Waals surface area contributed by atoms with Gasteiger partial charge >= 0.3 is 0 Å². The van der Waals surface area contributed by atoms with Gasteiger partial charge in [0.25, 0.3) is 0 Å². The Balaban J connectivity index is 1.59. The molecular weight excluding hydrogens is 336 g/mol. The summed E-state index contributed by atoms with van der Waals surface area (Å²) in [5.74, 6) is -0.958. The summed E-state index contributed by atoms with van der Waals surface area (Å²) in [5.41, 5.74) is 2.93. The van der Waals surface area contributed by atoms with Gasteiger partial charge in [-0.3, -0.25) is 9.59 Å². The molecule has 4 nitrogen and oxygen atoms in total. The number of rotatable bonds is 5. The minimum atomic E-state index is -0.617. The van der Waals surface area contributed by atoms with Crippen LogP contribution >= 0.6 is 11.6 Å². The van der Waals surface area contributed by atoms with Crippen molar-refractivity contribution in [3.8, 4) is 0 Å². The van der Waals surface area contributed by atoms with Crippen LogP contribution in [-0.2, 0) is 16.0 Å². The van der Waals surface area contributed by atoms with Gasteiger partial charge in [-0.2, -0.15) is 0 Å². The fourth-order valence-electron chi connectivity index (χ4n) is 3.13. The zero-order chi connectivity index (χ0) is 17.8. The van der Waals surface area contributed by atoms with Crippen molar-refractivity contribution >= 4 is 29.1 Å². The van der Waals surface area contributed by atoms with E-state index in [0.29, 0.717) is 24.5 Å². The van der Waals surface area contributed by atoms with Crippen molar-refractivity contribution in [3.63, 3.8) is 0 Å². The van der Waals surface area contributed by atoms with Crippen molar-refractivity contribution in [3.05, 3.63) is 64.7 Å². The average Bonchev–Trinajstić information content (AvgIpc) is 2.99. The van der Waals surface area contributed by atoms with Gasteiger partial charge in [0.1, 0.15) is 5.92 Å². The van der Waals surface area contributed by atoms with Crippen LogP contribution in [0.3, 0.4) is 0 Å². The fourth-order valence-corrected chi connectivity index (χ4v) is 3.30. The van der Waals surface area contributed by atoms with E-state index in [1.54, 1.807) is 17.0 Å². The van der Waals surface area contributed by atoms with E-state index in [9.17, 15) is 9.59 Å². The largest absolute Gasteiger partial charge is 0.355 e. The number of halogens is 1. The van der Waals surface area contributed by atoms with Crippen LogP contribution < -0.4 is 10.2 Å². The number of hydrogen-bond acceptors (Lipinski definition) is 2. The third-order valence-corrected chi connectivity index (χ3v) is 4.77. The molecule has 2 aromatic carbocycles. The molecule has 0 saturated carbocycles. The summed E-state index contributed by atoms with van der Waals surface area (Å²) in [5, 5.41) is 3.48. The van der Waals surface area contributed by atoms with Gasteiger partial charge in [-0.25, -0.2) is 0 Å². The second-order valence-electron chi connectivity index (χ2n) is 6.29. The Morgan fingerprint density at radius 3 is 2.76 bits per heavy atom. The lowest BCUT2D eigenvalue weighted by Gasteiger charge is -2.19. The average molecular weight is 357 g/mol. The molecule has 5 heteroatoms. The normalized spacial score (nSPS) is 17.0. The lowest BCUT2D eigenvalue weighted by atomic mass is 10.1. The van der Waals surface area contributed by atoms with E-state index >= 15 is 0 Å². The molecule has 0 radical (unpaired) electrons. The van der Waals surface area contributed by atoms with Gasteiger partial charge in [-0.05, 0) is 43.0 Å². The van der Waals surface area contributed by atoms with Crippen molar-refractivity contribution in [2.45, 2.75) is 19.8 Å². The summed E-state index contributed by atoms with van der Waals surface area (Å²) < 4.78 is 0. The Kier molecular flexibility index (Phi) is 5.39. The van der Waals surface area contributed by atoms with Gasteiger partial charge in [-0.1, -0.05) is 48.0 Å². The molecule has 130 valence electrons. The maximum atomic E-state index is 12.7. The molecule has 1 atom stereocenters. The Labute approximate surface area is 152 Å². The van der Waals surface area contributed by atoms with Gasteiger partial charge in [0.15, 0.2) is 0 Å². The van der Waals surface area contributed by atoms with Crippen LogP contribution in [0.5, 0.6) is 0 Å². The molecule has 1 unspecified atom stereocenters. The highest BCUT2D eigenvalue weighted by Crippen LogP contribution is 2.30. The van der Waals surface area contributed by atoms with Crippen molar-refractivity contribution in [1.82, 2.24) is 5.32 Å². The minimum absolute atomic E-state index is 0.150. The molecule has 0 bridgehead atoms. The summed E-state index contributed by atoms with van der Waals surface area (Å²) in [6.45, 7) is 3.01. The number of anilines is 1. The predicted molar refractivity (Wildman–Crippen MR) is 99.8 cm³/mol. The molecule has 1 N–H and O–H groups in total. The third-order valence-electron chi connectivity index (χ3n) is 4.54. The molecule has 25 heavy (non-hydrogen) atoms. The van der Waals surface area contributed by atoms with Gasteiger partial charge in [-0.15, -0.1) is 0 Å². The molecule has 1 heterocycles. The van der Waals surface area contributed by atoms with Gasteiger partial charge in [0.2, 0.25) is 11.8 Å². The molecule has 1 aliphatic heterocycles. The molecular formula is C20H21ClN2O2. The number of nitrogens with zero attached hydrogens (tertiary/aromatic N) is 1. The number of hydrogen-bond donors (Lipinski definition) is 1. The number of carbonyl (C=O) groups is 2. The van der Waals surface area contributed by atoms with E-state index in [1.807, 2.05) is 43.3 Å². The standard InChI is InChI=1S/C20H21ClN2O2/c1-14-7-8-16(21)13-18(14)23-12-10-17(20(23)25)19(24)22-11-9-15-5-3-2-4-6-15/h2-8,13,17H,9-12H2,1H3,(H,22,24). The van der Waals surface area contributed by atoms with Crippen molar-refractivity contribution in [2.24, 2.45) is 5.92 Å². The monoisotopic (exact) mass is 356 g/mol. The van der Waals surface area contributed by atoms with E-state index in [-0.39, 0.29) is 11.8 Å². The summed E-state index contributed by atoms with van der Waals surface area (Å²) in [6, 6.07) is 15.4. The predicted octanol–water partition coefficient (Wildman–Crippen LogP) is 3.36. The first-order valence-electron chi connectivity index (χ1n) is 8.45. The number of benzene rings is 2. The topological polar surface area (TPSA) is 49.4 Å². The molecule has 0 spiro atoms. The van der Waals surface area contributed by atoms with Crippen molar-refractivity contribution in [2.75, 3.05) is 18.0 Å². The Morgan fingerprint density at radius 2 is 2.00 bits per heavy atom. The van der Waals surface area contributed by atoms with Crippen molar-refractivity contribution in [1.29, 1.82) is 0 Å². The second-order valence-corrected chi connectivity index (χ2v) is 6.73. The smallest absolute Gasteiger partial charge is 0.239 e. The maximum absolute atomic E-state index is 12.7. The highest BCUT2D eigenvalue weighted by Gasteiger charge is 2.37. The van der Waals surface area contributed by atoms with Crippen LogP contribution in [0.25, 0.3) is 0 Å². The lowest BCUT2D eigenvalue weighted by molar-refractivity contribution is -0.132. The first kappa shape index (κ1) is 17.5. The summed E-state index contributed by atoms with van der Waals surface area (Å²) in [4.78, 5) is 26.7. The van der Waals surface area contributed by atoms with E-state index in [2.05, 4.69) is 5.32 Å². The van der Waals surface area contributed by atoms with Gasteiger partial charge < -0.3 is 10.2 Å². The van der Waals surface area contributed by atoms with Gasteiger partial charge in [0, 0.05) is 23.8 Å². The highest BCUT2D eigenvalue weighted by molar-refractivity contribution is 6.31. The Hall–Kier alpha value is -2.33. The van der Waals surface area contributed by atoms with E-state index in [4.69, 9.17) is 11.6 Å². The van der Waals surface area contributed by atoms with Crippen LogP contribution in [-0.4, -0.2) is 24.9 Å². The van der Waals surface area contributed by atoms with E-state index in [0.717, 1.165) is 23.2 Å². The fraction of sp³-hybridized carbons (Fsp3) is 0.300. The molecule has 1 fully saturated rings. The molecule has 1 saturated heterocycles. The van der Waals surface area contributed by atoms with Crippen molar-refractivity contribution < 1.29 is 9.59 Å². The zero-order valence-electron chi connectivity index (χ0n) is 14.2. The summed E-state index contributed by atoms with van der Waals surface area (Å²) in [7, 11) is 0. The van der Waals surface area contributed by atoms with E-state index in [1.165, 1.54) is 0 Å². The molecule has 0 aromatic heterocycles. The number of carbonyl (C=O) groups excluding carboxylic acids is 2.